The summed E-state index contributed by atoms with van der Waals surface area (Å²) < 4.78 is 6.64. The molecule has 0 spiro atoms. The molecule has 0 fully saturated rings. The zero-order valence-corrected chi connectivity index (χ0v) is 15.6. The number of carbonyl (C=O) groups is 1. The third-order valence-corrected chi connectivity index (χ3v) is 4.67. The van der Waals surface area contributed by atoms with Crippen LogP contribution in [0.4, 0.5) is 11.5 Å². The molecule has 0 aliphatic heterocycles. The average Bonchev–Trinajstić information content (AvgIpc) is 3.30. The van der Waals surface area contributed by atoms with E-state index in [-0.39, 0.29) is 26.7 Å². The molecule has 0 aromatic carbocycles. The molecule has 29 heavy (non-hydrogen) atoms. The van der Waals surface area contributed by atoms with Crippen LogP contribution in [0.25, 0.3) is 16.6 Å². The number of aromatic amines is 1. The number of esters is 1. The summed E-state index contributed by atoms with van der Waals surface area (Å²) >= 11 is 0. The fourth-order valence-corrected chi connectivity index (χ4v) is 3.36. The Morgan fingerprint density at radius 1 is 1.28 bits per heavy atom. The fourth-order valence-electron chi connectivity index (χ4n) is 3.36. The van der Waals surface area contributed by atoms with Crippen molar-refractivity contribution in [1.29, 1.82) is 0 Å². The first-order valence-electron chi connectivity index (χ1n) is 8.62. The monoisotopic (exact) mass is 396 g/mol. The minimum atomic E-state index is -0.381. The molecule has 8 nitrogen and oxygen atoms in total. The molecular formula is C21H28N6O2. The predicted molar refractivity (Wildman–Crippen MR) is 116 cm³/mol. The first-order valence-corrected chi connectivity index (χ1v) is 8.62. The van der Waals surface area contributed by atoms with Crippen LogP contribution >= 0.6 is 0 Å². The van der Waals surface area contributed by atoms with E-state index >= 15 is 0 Å². The molecule has 154 valence electrons. The molecule has 0 amide bonds. The van der Waals surface area contributed by atoms with E-state index in [0.717, 1.165) is 27.8 Å². The van der Waals surface area contributed by atoms with Gasteiger partial charge < -0.3 is 14.6 Å². The van der Waals surface area contributed by atoms with Gasteiger partial charge in [0.1, 0.15) is 17.5 Å². The molecule has 0 aliphatic rings. The van der Waals surface area contributed by atoms with Crippen molar-refractivity contribution in [3.8, 4) is 0 Å². The molecule has 4 heterocycles. The Bertz CT molecular complexity index is 1140. The van der Waals surface area contributed by atoms with Crippen LogP contribution in [-0.2, 0) is 4.74 Å². The maximum absolute atomic E-state index is 12.3. The predicted octanol–water partition coefficient (Wildman–Crippen LogP) is 4.56. The van der Waals surface area contributed by atoms with Crippen LogP contribution in [0, 0.1) is 0 Å². The van der Waals surface area contributed by atoms with E-state index < -0.39 is 0 Å². The van der Waals surface area contributed by atoms with E-state index in [1.165, 1.54) is 13.4 Å². The molecule has 0 aliphatic carbocycles. The molecular weight excluding hydrogens is 368 g/mol. The number of carbonyl (C=O) groups excluding carboxylic acids is 1. The average molecular weight is 396 g/mol. The third-order valence-electron chi connectivity index (χ3n) is 4.67. The Balaban J connectivity index is 0.00000150. The zero-order chi connectivity index (χ0) is 19.1. The lowest BCUT2D eigenvalue weighted by Gasteiger charge is -2.20. The van der Waals surface area contributed by atoms with Gasteiger partial charge in [-0.25, -0.2) is 19.3 Å². The SMILES string of the molecule is C.C.COC(=O)c1cn2ncnc(N(C)c3cnc4[nH]ccc4c3)c2c1C(C)C. The van der Waals surface area contributed by atoms with Gasteiger partial charge in [0, 0.05) is 30.4 Å². The molecule has 0 unspecified atom stereocenters. The summed E-state index contributed by atoms with van der Waals surface area (Å²) in [6, 6.07) is 4.01. The van der Waals surface area contributed by atoms with Crippen LogP contribution in [0.5, 0.6) is 0 Å². The van der Waals surface area contributed by atoms with Crippen molar-refractivity contribution < 1.29 is 9.53 Å². The summed E-state index contributed by atoms with van der Waals surface area (Å²) in [6.07, 6.45) is 6.82. The largest absolute Gasteiger partial charge is 0.465 e. The third kappa shape index (κ3) is 3.53. The van der Waals surface area contributed by atoms with Gasteiger partial charge in [0.25, 0.3) is 0 Å². The highest BCUT2D eigenvalue weighted by atomic mass is 16.5. The summed E-state index contributed by atoms with van der Waals surface area (Å²) in [6.45, 7) is 4.07. The van der Waals surface area contributed by atoms with Gasteiger partial charge in [-0.05, 0) is 18.1 Å². The summed E-state index contributed by atoms with van der Waals surface area (Å²) in [5.74, 6) is 0.404. The van der Waals surface area contributed by atoms with Crippen molar-refractivity contribution in [2.45, 2.75) is 34.6 Å². The minimum absolute atomic E-state index is 0. The molecule has 0 saturated carbocycles. The Morgan fingerprint density at radius 3 is 2.72 bits per heavy atom. The van der Waals surface area contributed by atoms with Gasteiger partial charge in [-0.2, -0.15) is 5.10 Å². The Hall–Kier alpha value is -3.42. The molecule has 4 aromatic heterocycles. The number of nitrogens with one attached hydrogen (secondary N) is 1. The highest BCUT2D eigenvalue weighted by Crippen LogP contribution is 2.34. The van der Waals surface area contributed by atoms with Crippen LogP contribution in [0.1, 0.15) is 50.5 Å². The zero-order valence-electron chi connectivity index (χ0n) is 15.6. The molecule has 4 aromatic rings. The number of fused-ring (bicyclic) bond motifs is 2. The van der Waals surface area contributed by atoms with Crippen LogP contribution in [0.3, 0.4) is 0 Å². The number of rotatable bonds is 4. The number of H-pyrrole nitrogens is 1. The molecule has 4 rings (SSSR count). The highest BCUT2D eigenvalue weighted by molar-refractivity contribution is 5.96. The van der Waals surface area contributed by atoms with Crippen molar-refractivity contribution in [3.05, 3.63) is 48.2 Å². The number of anilines is 2. The van der Waals surface area contributed by atoms with Gasteiger partial charge in [-0.3, -0.25) is 0 Å². The number of nitrogens with zero attached hydrogens (tertiary/aromatic N) is 5. The van der Waals surface area contributed by atoms with Gasteiger partial charge in [0.15, 0.2) is 5.82 Å². The summed E-state index contributed by atoms with van der Waals surface area (Å²) in [5.41, 5.74) is 3.86. The number of ether oxygens (including phenoxy) is 1. The number of hydrogen-bond donors (Lipinski definition) is 1. The summed E-state index contributed by atoms with van der Waals surface area (Å²) in [4.78, 5) is 26.3. The van der Waals surface area contributed by atoms with Gasteiger partial charge in [0.2, 0.25) is 0 Å². The van der Waals surface area contributed by atoms with E-state index in [2.05, 4.69) is 20.1 Å². The molecule has 0 bridgehead atoms. The van der Waals surface area contributed by atoms with Gasteiger partial charge in [-0.1, -0.05) is 28.7 Å². The molecule has 0 atom stereocenters. The second-order valence-electron chi connectivity index (χ2n) is 6.65. The maximum Gasteiger partial charge on any atom is 0.339 e. The number of pyridine rings is 1. The van der Waals surface area contributed by atoms with E-state index in [4.69, 9.17) is 4.74 Å². The number of hydrogen-bond acceptors (Lipinski definition) is 6. The van der Waals surface area contributed by atoms with Crippen molar-refractivity contribution >= 4 is 34.0 Å². The topological polar surface area (TPSA) is 88.4 Å². The van der Waals surface area contributed by atoms with Crippen molar-refractivity contribution in [2.75, 3.05) is 19.1 Å². The second kappa shape index (κ2) is 8.30. The lowest BCUT2D eigenvalue weighted by molar-refractivity contribution is 0.0599. The number of aromatic nitrogens is 5. The number of methoxy groups -OCH3 is 1. The van der Waals surface area contributed by atoms with Gasteiger partial charge >= 0.3 is 5.97 Å². The first kappa shape index (κ1) is 21.9. The van der Waals surface area contributed by atoms with Crippen LogP contribution in [0.15, 0.2) is 37.1 Å². The Morgan fingerprint density at radius 2 is 2.03 bits per heavy atom. The molecule has 8 heteroatoms. The second-order valence-corrected chi connectivity index (χ2v) is 6.65. The molecule has 0 radical (unpaired) electrons. The van der Waals surface area contributed by atoms with E-state index in [1.807, 2.05) is 44.1 Å². The van der Waals surface area contributed by atoms with Crippen LogP contribution in [-0.4, -0.2) is 44.7 Å². The van der Waals surface area contributed by atoms with E-state index in [0.29, 0.717) is 11.4 Å². The standard InChI is InChI=1S/C19H20N6O2.2CH4/c1-11(2)15-14(19(26)27-4)9-25-16(15)18(22-10-23-25)24(3)13-7-12-5-6-20-17(12)21-8-13;;/h5-11H,1-4H3,(H,20,21);2*1H4. The van der Waals surface area contributed by atoms with Crippen LogP contribution in [0.2, 0.25) is 0 Å². The highest BCUT2D eigenvalue weighted by Gasteiger charge is 2.25. The fraction of sp³-hybridized carbons (Fsp3) is 0.333. The minimum Gasteiger partial charge on any atom is -0.465 e. The molecule has 0 saturated heterocycles. The quantitative estimate of drug-likeness (QED) is 0.509. The summed E-state index contributed by atoms with van der Waals surface area (Å²) in [5, 5.41) is 5.30. The first-order chi connectivity index (χ1) is 13.0. The Labute approximate surface area is 170 Å². The van der Waals surface area contributed by atoms with Gasteiger partial charge in [0.05, 0.1) is 24.6 Å². The van der Waals surface area contributed by atoms with Gasteiger partial charge in [-0.15, -0.1) is 0 Å². The van der Waals surface area contributed by atoms with E-state index in [1.54, 1.807) is 16.9 Å². The van der Waals surface area contributed by atoms with Crippen molar-refractivity contribution in [2.24, 2.45) is 0 Å². The lowest BCUT2D eigenvalue weighted by Crippen LogP contribution is -2.14. The normalized spacial score (nSPS) is 10.7. The van der Waals surface area contributed by atoms with E-state index in [9.17, 15) is 4.79 Å². The smallest absolute Gasteiger partial charge is 0.339 e. The Kier molecular flexibility index (Phi) is 6.26. The molecule has 1 N–H and O–H groups in total. The van der Waals surface area contributed by atoms with Crippen LogP contribution < -0.4 is 4.90 Å². The van der Waals surface area contributed by atoms with Crippen molar-refractivity contribution in [3.63, 3.8) is 0 Å². The van der Waals surface area contributed by atoms with Crippen molar-refractivity contribution in [1.82, 2.24) is 24.6 Å². The maximum atomic E-state index is 12.3. The lowest BCUT2D eigenvalue weighted by atomic mass is 10.00. The summed E-state index contributed by atoms with van der Waals surface area (Å²) in [7, 11) is 3.30.